The molecule has 6 nitrogen and oxygen atoms in total. The quantitative estimate of drug-likeness (QED) is 0.914. The first-order chi connectivity index (χ1) is 12.7. The van der Waals surface area contributed by atoms with Crippen LogP contribution in [0.15, 0.2) is 48.8 Å². The molecule has 2 aromatic rings. The Morgan fingerprint density at radius 2 is 2.08 bits per heavy atom. The van der Waals surface area contributed by atoms with Gasteiger partial charge in [-0.1, -0.05) is 18.2 Å². The fraction of sp³-hybridized carbons (Fsp3) is 0.400. The minimum atomic E-state index is -0.269. The molecule has 1 N–H and O–H groups in total. The van der Waals surface area contributed by atoms with Gasteiger partial charge in [0.1, 0.15) is 17.1 Å². The third-order valence-electron chi connectivity index (χ3n) is 4.94. The average Bonchev–Trinajstić information content (AvgIpc) is 2.68. The van der Waals surface area contributed by atoms with Crippen molar-refractivity contribution in [3.63, 3.8) is 0 Å². The van der Waals surface area contributed by atoms with E-state index in [1.807, 2.05) is 24.3 Å². The van der Waals surface area contributed by atoms with Crippen LogP contribution in [0.4, 0.5) is 0 Å². The van der Waals surface area contributed by atoms with Crippen molar-refractivity contribution in [2.45, 2.75) is 30.9 Å². The highest BCUT2D eigenvalue weighted by atomic mass is 16.5. The monoisotopic (exact) mass is 354 g/mol. The minimum Gasteiger partial charge on any atom is -0.487 e. The van der Waals surface area contributed by atoms with Crippen molar-refractivity contribution >= 4 is 5.91 Å². The number of carbonyl (C=O) groups is 1. The van der Waals surface area contributed by atoms with Crippen LogP contribution in [0.25, 0.3) is 0 Å². The maximum absolute atomic E-state index is 12.4. The third-order valence-corrected chi connectivity index (χ3v) is 4.94. The Kier molecular flexibility index (Phi) is 4.75. The molecule has 0 bridgehead atoms. The van der Waals surface area contributed by atoms with Crippen LogP contribution in [0.1, 0.15) is 30.9 Å². The number of pyridine rings is 1. The van der Waals surface area contributed by atoms with Crippen molar-refractivity contribution in [2.75, 3.05) is 19.8 Å². The van der Waals surface area contributed by atoms with E-state index >= 15 is 0 Å². The molecular weight excluding hydrogens is 332 g/mol. The molecule has 1 amide bonds. The lowest BCUT2D eigenvalue weighted by molar-refractivity contribution is -0.125. The summed E-state index contributed by atoms with van der Waals surface area (Å²) in [5.74, 6) is 1.27. The zero-order chi connectivity index (χ0) is 17.8. The molecule has 4 rings (SSSR count). The van der Waals surface area contributed by atoms with E-state index in [4.69, 9.17) is 14.2 Å². The van der Waals surface area contributed by atoms with Crippen molar-refractivity contribution in [3.8, 4) is 11.5 Å². The summed E-state index contributed by atoms with van der Waals surface area (Å²) >= 11 is 0. The molecule has 6 heteroatoms. The lowest BCUT2D eigenvalue weighted by Crippen LogP contribution is -2.49. The topological polar surface area (TPSA) is 69.7 Å². The molecule has 2 aliphatic heterocycles. The number of nitrogens with zero attached hydrogens (tertiary/aromatic N) is 1. The molecule has 1 saturated heterocycles. The molecule has 3 heterocycles. The van der Waals surface area contributed by atoms with Gasteiger partial charge in [0.15, 0.2) is 6.61 Å². The first-order valence-electron chi connectivity index (χ1n) is 8.92. The molecule has 1 spiro atoms. The number of ether oxygens (including phenoxy) is 3. The summed E-state index contributed by atoms with van der Waals surface area (Å²) < 4.78 is 17.3. The van der Waals surface area contributed by atoms with Gasteiger partial charge in [-0.15, -0.1) is 0 Å². The molecule has 0 aliphatic carbocycles. The van der Waals surface area contributed by atoms with Crippen molar-refractivity contribution in [3.05, 3.63) is 54.4 Å². The molecule has 2 aliphatic rings. The smallest absolute Gasteiger partial charge is 0.258 e. The summed E-state index contributed by atoms with van der Waals surface area (Å²) in [5, 5.41) is 3.11. The predicted molar refractivity (Wildman–Crippen MR) is 95.1 cm³/mol. The average molecular weight is 354 g/mol. The number of fused-ring (bicyclic) bond motifs is 1. The van der Waals surface area contributed by atoms with Crippen molar-refractivity contribution < 1.29 is 19.0 Å². The number of aromatic nitrogens is 1. The van der Waals surface area contributed by atoms with Gasteiger partial charge in [0.25, 0.3) is 5.91 Å². The van der Waals surface area contributed by atoms with Gasteiger partial charge in [-0.3, -0.25) is 9.78 Å². The number of rotatable bonds is 4. The Labute approximate surface area is 152 Å². The Morgan fingerprint density at radius 3 is 2.88 bits per heavy atom. The van der Waals surface area contributed by atoms with E-state index in [2.05, 4.69) is 10.3 Å². The third kappa shape index (κ3) is 3.65. The maximum Gasteiger partial charge on any atom is 0.258 e. The summed E-state index contributed by atoms with van der Waals surface area (Å²) in [4.78, 5) is 16.4. The first kappa shape index (κ1) is 16.8. The van der Waals surface area contributed by atoms with Gasteiger partial charge in [0.2, 0.25) is 0 Å². The molecule has 1 fully saturated rings. The van der Waals surface area contributed by atoms with Gasteiger partial charge in [-0.25, -0.2) is 0 Å². The number of hydrogen-bond donors (Lipinski definition) is 1. The lowest BCUT2D eigenvalue weighted by atomic mass is 9.82. The molecule has 1 atom stereocenters. The molecule has 0 saturated carbocycles. The summed E-state index contributed by atoms with van der Waals surface area (Å²) in [7, 11) is 0. The van der Waals surface area contributed by atoms with E-state index in [9.17, 15) is 4.79 Å². The second kappa shape index (κ2) is 7.33. The van der Waals surface area contributed by atoms with Crippen molar-refractivity contribution in [2.24, 2.45) is 0 Å². The summed E-state index contributed by atoms with van der Waals surface area (Å²) in [6, 6.07) is 11.4. The van der Waals surface area contributed by atoms with Gasteiger partial charge in [0, 0.05) is 31.0 Å². The van der Waals surface area contributed by atoms with Crippen LogP contribution in [-0.2, 0) is 9.53 Å². The fourth-order valence-electron chi connectivity index (χ4n) is 3.61. The molecular formula is C20H22N2O4. The SMILES string of the molecule is O=C(COc1cccnc1)N[C@@H]1CC2(CCOCC2)Oc2ccccc21. The van der Waals surface area contributed by atoms with Gasteiger partial charge in [0.05, 0.1) is 25.5 Å². The molecule has 1 aromatic carbocycles. The zero-order valence-electron chi connectivity index (χ0n) is 14.5. The first-order valence-corrected chi connectivity index (χ1v) is 8.92. The second-order valence-electron chi connectivity index (χ2n) is 6.74. The normalized spacial score (nSPS) is 20.7. The van der Waals surface area contributed by atoms with Crippen LogP contribution in [0.5, 0.6) is 11.5 Å². The number of amides is 1. The van der Waals surface area contributed by atoms with E-state index in [-0.39, 0.29) is 24.2 Å². The van der Waals surface area contributed by atoms with E-state index in [1.54, 1.807) is 24.5 Å². The predicted octanol–water partition coefficient (Wildman–Crippen LogP) is 2.65. The van der Waals surface area contributed by atoms with E-state index in [0.717, 1.165) is 30.6 Å². The Balaban J connectivity index is 1.46. The standard InChI is InChI=1S/C20H22N2O4/c23-19(14-25-15-4-3-9-21-13-15)22-17-12-20(7-10-24-11-8-20)26-18-6-2-1-5-16(17)18/h1-6,9,13,17H,7-8,10-12,14H2,(H,22,23)/t17-/m1/s1. The van der Waals surface area contributed by atoms with Crippen molar-refractivity contribution in [1.29, 1.82) is 0 Å². The molecule has 1 aromatic heterocycles. The maximum atomic E-state index is 12.4. The van der Waals surface area contributed by atoms with Gasteiger partial charge in [-0.05, 0) is 18.2 Å². The number of carbonyl (C=O) groups excluding carboxylic acids is 1. The molecule has 136 valence electrons. The van der Waals surface area contributed by atoms with Gasteiger partial charge < -0.3 is 19.5 Å². The highest BCUT2D eigenvalue weighted by Crippen LogP contribution is 2.43. The Morgan fingerprint density at radius 1 is 1.23 bits per heavy atom. The Hall–Kier alpha value is -2.60. The van der Waals surface area contributed by atoms with E-state index in [0.29, 0.717) is 19.0 Å². The molecule has 0 radical (unpaired) electrons. The van der Waals surface area contributed by atoms with Crippen LogP contribution < -0.4 is 14.8 Å². The number of para-hydroxylation sites is 1. The van der Waals surface area contributed by atoms with Crippen LogP contribution in [0.2, 0.25) is 0 Å². The summed E-state index contributed by atoms with van der Waals surface area (Å²) in [5.41, 5.74) is 0.744. The lowest BCUT2D eigenvalue weighted by Gasteiger charge is -2.44. The number of hydrogen-bond acceptors (Lipinski definition) is 5. The van der Waals surface area contributed by atoms with Crippen LogP contribution >= 0.6 is 0 Å². The number of benzene rings is 1. The van der Waals surface area contributed by atoms with Gasteiger partial charge in [-0.2, -0.15) is 0 Å². The largest absolute Gasteiger partial charge is 0.487 e. The minimum absolute atomic E-state index is 0.0403. The zero-order valence-corrected chi connectivity index (χ0v) is 14.5. The summed E-state index contributed by atoms with van der Waals surface area (Å²) in [6.45, 7) is 1.33. The highest BCUT2D eigenvalue weighted by Gasteiger charge is 2.42. The van der Waals surface area contributed by atoms with Crippen LogP contribution in [-0.4, -0.2) is 36.3 Å². The molecule has 0 unspecified atom stereocenters. The number of nitrogens with one attached hydrogen (secondary N) is 1. The van der Waals surface area contributed by atoms with Crippen molar-refractivity contribution in [1.82, 2.24) is 10.3 Å². The van der Waals surface area contributed by atoms with Crippen LogP contribution in [0, 0.1) is 0 Å². The van der Waals surface area contributed by atoms with E-state index < -0.39 is 0 Å². The van der Waals surface area contributed by atoms with E-state index in [1.165, 1.54) is 0 Å². The van der Waals surface area contributed by atoms with Gasteiger partial charge >= 0.3 is 0 Å². The second-order valence-corrected chi connectivity index (χ2v) is 6.74. The summed E-state index contributed by atoms with van der Waals surface area (Å²) in [6.07, 6.45) is 5.67. The molecule has 26 heavy (non-hydrogen) atoms. The fourth-order valence-corrected chi connectivity index (χ4v) is 3.61. The van der Waals surface area contributed by atoms with Crippen LogP contribution in [0.3, 0.4) is 0 Å². The highest BCUT2D eigenvalue weighted by molar-refractivity contribution is 5.78. The Bertz CT molecular complexity index is 759.